The predicted molar refractivity (Wildman–Crippen MR) is 55.7 cm³/mol. The van der Waals surface area contributed by atoms with Crippen LogP contribution >= 0.6 is 0 Å². The lowest BCUT2D eigenvalue weighted by Crippen LogP contribution is -2.47. The van der Waals surface area contributed by atoms with Crippen molar-refractivity contribution in [3.05, 3.63) is 0 Å². The van der Waals surface area contributed by atoms with Gasteiger partial charge in [-0.2, -0.15) is 0 Å². The smallest absolute Gasteiger partial charge is 0.307 e. The molecule has 3 heteroatoms. The molecule has 0 aromatic carbocycles. The van der Waals surface area contributed by atoms with E-state index in [-0.39, 0.29) is 11.5 Å². The van der Waals surface area contributed by atoms with Crippen LogP contribution in [0.3, 0.4) is 0 Å². The molecule has 3 unspecified atom stereocenters. The van der Waals surface area contributed by atoms with Crippen LogP contribution in [0.25, 0.3) is 0 Å². The highest BCUT2D eigenvalue weighted by atomic mass is 16.5. The van der Waals surface area contributed by atoms with E-state index in [0.29, 0.717) is 12.3 Å². The molecule has 0 amide bonds. The fourth-order valence-electron chi connectivity index (χ4n) is 2.26. The summed E-state index contributed by atoms with van der Waals surface area (Å²) in [6.07, 6.45) is 3.35. The molecule has 1 fully saturated rings. The van der Waals surface area contributed by atoms with Crippen molar-refractivity contribution in [3.8, 4) is 0 Å². The number of carbonyl (C=O) groups excluding carboxylic acids is 1. The number of carbonyl (C=O) groups is 1. The Hall–Kier alpha value is -0.570. The van der Waals surface area contributed by atoms with Crippen molar-refractivity contribution < 1.29 is 9.53 Å². The first-order valence-corrected chi connectivity index (χ1v) is 5.32. The molecule has 82 valence electrons. The molecule has 0 aromatic heterocycles. The van der Waals surface area contributed by atoms with Crippen LogP contribution in [0, 0.1) is 11.8 Å². The van der Waals surface area contributed by atoms with Gasteiger partial charge in [-0.1, -0.05) is 13.8 Å². The second-order valence-electron chi connectivity index (χ2n) is 4.81. The average Bonchev–Trinajstić information content (AvgIpc) is 2.12. The van der Waals surface area contributed by atoms with Gasteiger partial charge >= 0.3 is 5.97 Å². The van der Waals surface area contributed by atoms with Crippen molar-refractivity contribution in [1.29, 1.82) is 0 Å². The highest BCUT2D eigenvalue weighted by molar-refractivity contribution is 5.70. The van der Waals surface area contributed by atoms with Gasteiger partial charge in [0.2, 0.25) is 0 Å². The SMILES string of the molecule is COC(=O)CC1(N)CCC(C)C(C)C1. The Kier molecular flexibility index (Phi) is 3.53. The zero-order valence-electron chi connectivity index (χ0n) is 9.38. The van der Waals surface area contributed by atoms with Gasteiger partial charge in [0.25, 0.3) is 0 Å². The molecule has 3 atom stereocenters. The maximum absolute atomic E-state index is 11.2. The molecule has 1 aliphatic rings. The van der Waals surface area contributed by atoms with Crippen LogP contribution in [0.5, 0.6) is 0 Å². The van der Waals surface area contributed by atoms with Crippen LogP contribution in [0.15, 0.2) is 0 Å². The molecule has 0 saturated heterocycles. The summed E-state index contributed by atoms with van der Waals surface area (Å²) in [5, 5.41) is 0. The molecule has 0 spiro atoms. The van der Waals surface area contributed by atoms with Gasteiger partial charge in [0.1, 0.15) is 0 Å². The second kappa shape index (κ2) is 4.30. The maximum atomic E-state index is 11.2. The van der Waals surface area contributed by atoms with Crippen molar-refractivity contribution in [2.75, 3.05) is 7.11 Å². The molecule has 1 aliphatic carbocycles. The number of nitrogens with two attached hydrogens (primary N) is 1. The largest absolute Gasteiger partial charge is 0.469 e. The molecule has 0 aliphatic heterocycles. The Bertz CT molecular complexity index is 217. The summed E-state index contributed by atoms with van der Waals surface area (Å²) in [5.41, 5.74) is 5.87. The van der Waals surface area contributed by atoms with Crippen molar-refractivity contribution in [2.24, 2.45) is 17.6 Å². The van der Waals surface area contributed by atoms with Gasteiger partial charge in [0.15, 0.2) is 0 Å². The molecule has 3 nitrogen and oxygen atoms in total. The first-order valence-electron chi connectivity index (χ1n) is 5.32. The summed E-state index contributed by atoms with van der Waals surface area (Å²) in [5.74, 6) is 1.15. The Balaban J connectivity index is 2.54. The maximum Gasteiger partial charge on any atom is 0.307 e. The van der Waals surface area contributed by atoms with Crippen LogP contribution in [-0.2, 0) is 9.53 Å². The van der Waals surface area contributed by atoms with Gasteiger partial charge in [-0.15, -0.1) is 0 Å². The molecule has 0 bridgehead atoms. The molecule has 2 N–H and O–H groups in total. The number of hydrogen-bond acceptors (Lipinski definition) is 3. The summed E-state index contributed by atoms with van der Waals surface area (Å²) in [4.78, 5) is 11.2. The number of methoxy groups -OCH3 is 1. The lowest BCUT2D eigenvalue weighted by atomic mass is 9.70. The molecule has 0 aromatic rings. The predicted octanol–water partition coefficient (Wildman–Crippen LogP) is 1.70. The summed E-state index contributed by atoms with van der Waals surface area (Å²) >= 11 is 0. The van der Waals surface area contributed by atoms with Crippen LogP contribution in [0.1, 0.15) is 39.5 Å². The number of rotatable bonds is 2. The standard InChI is InChI=1S/C11H21NO2/c1-8-4-5-11(12,6-9(8)2)7-10(13)14-3/h8-9H,4-7,12H2,1-3H3. The van der Waals surface area contributed by atoms with E-state index < -0.39 is 0 Å². The van der Waals surface area contributed by atoms with Gasteiger partial charge in [0, 0.05) is 5.54 Å². The molecule has 1 saturated carbocycles. The minimum atomic E-state index is -0.320. The van der Waals surface area contributed by atoms with E-state index in [9.17, 15) is 4.79 Å². The Morgan fingerprint density at radius 3 is 2.64 bits per heavy atom. The molecule has 1 rings (SSSR count). The van der Waals surface area contributed by atoms with Crippen molar-refractivity contribution in [3.63, 3.8) is 0 Å². The summed E-state index contributed by atoms with van der Waals surface area (Å²) in [6.45, 7) is 4.46. The van der Waals surface area contributed by atoms with Crippen LogP contribution in [0.4, 0.5) is 0 Å². The molecular formula is C11H21NO2. The van der Waals surface area contributed by atoms with Crippen LogP contribution < -0.4 is 5.73 Å². The zero-order chi connectivity index (χ0) is 10.8. The van der Waals surface area contributed by atoms with Gasteiger partial charge in [0.05, 0.1) is 13.5 Å². The zero-order valence-corrected chi connectivity index (χ0v) is 9.38. The van der Waals surface area contributed by atoms with E-state index in [4.69, 9.17) is 5.73 Å². The number of ether oxygens (including phenoxy) is 1. The molecule has 14 heavy (non-hydrogen) atoms. The minimum Gasteiger partial charge on any atom is -0.469 e. The fraction of sp³-hybridized carbons (Fsp3) is 0.909. The monoisotopic (exact) mass is 199 g/mol. The average molecular weight is 199 g/mol. The van der Waals surface area contributed by atoms with Gasteiger partial charge < -0.3 is 10.5 Å². The van der Waals surface area contributed by atoms with Crippen molar-refractivity contribution >= 4 is 5.97 Å². The normalized spacial score (nSPS) is 38.0. The number of esters is 1. The van der Waals surface area contributed by atoms with Crippen molar-refractivity contribution in [1.82, 2.24) is 0 Å². The summed E-state index contributed by atoms with van der Waals surface area (Å²) < 4.78 is 4.66. The van der Waals surface area contributed by atoms with E-state index in [1.807, 2.05) is 0 Å². The first-order chi connectivity index (χ1) is 6.47. The Morgan fingerprint density at radius 1 is 1.50 bits per heavy atom. The molecular weight excluding hydrogens is 178 g/mol. The van der Waals surface area contributed by atoms with E-state index in [1.165, 1.54) is 7.11 Å². The highest BCUT2D eigenvalue weighted by Crippen LogP contribution is 2.36. The fourth-order valence-corrected chi connectivity index (χ4v) is 2.26. The van der Waals surface area contributed by atoms with E-state index >= 15 is 0 Å². The second-order valence-corrected chi connectivity index (χ2v) is 4.81. The summed E-state index contributed by atoms with van der Waals surface area (Å²) in [6, 6.07) is 0. The lowest BCUT2D eigenvalue weighted by Gasteiger charge is -2.39. The quantitative estimate of drug-likeness (QED) is 0.689. The van der Waals surface area contributed by atoms with Gasteiger partial charge in [-0.25, -0.2) is 0 Å². The molecule has 0 radical (unpaired) electrons. The van der Waals surface area contributed by atoms with E-state index in [0.717, 1.165) is 25.2 Å². The summed E-state index contributed by atoms with van der Waals surface area (Å²) in [7, 11) is 1.42. The van der Waals surface area contributed by atoms with Gasteiger partial charge in [-0.3, -0.25) is 4.79 Å². The number of hydrogen-bond donors (Lipinski definition) is 1. The topological polar surface area (TPSA) is 52.3 Å². The Labute approximate surface area is 86.0 Å². The van der Waals surface area contributed by atoms with E-state index in [1.54, 1.807) is 0 Å². The van der Waals surface area contributed by atoms with E-state index in [2.05, 4.69) is 18.6 Å². The van der Waals surface area contributed by atoms with Gasteiger partial charge in [-0.05, 0) is 31.1 Å². The highest BCUT2D eigenvalue weighted by Gasteiger charge is 2.36. The third-order valence-corrected chi connectivity index (χ3v) is 3.52. The lowest BCUT2D eigenvalue weighted by molar-refractivity contribution is -0.142. The minimum absolute atomic E-state index is 0.186. The van der Waals surface area contributed by atoms with Crippen molar-refractivity contribution in [2.45, 2.75) is 45.1 Å². The Morgan fingerprint density at radius 2 is 2.14 bits per heavy atom. The van der Waals surface area contributed by atoms with Crippen LogP contribution in [0.2, 0.25) is 0 Å². The third-order valence-electron chi connectivity index (χ3n) is 3.52. The van der Waals surface area contributed by atoms with Crippen LogP contribution in [-0.4, -0.2) is 18.6 Å². The molecule has 0 heterocycles. The third kappa shape index (κ3) is 2.71. The first kappa shape index (κ1) is 11.5.